The molecule has 2 heterocycles. The van der Waals surface area contributed by atoms with Gasteiger partial charge in [0.25, 0.3) is 11.5 Å². The number of aromatic nitrogens is 2. The number of amides is 2. The van der Waals surface area contributed by atoms with E-state index in [1.54, 1.807) is 0 Å². The van der Waals surface area contributed by atoms with Crippen LogP contribution in [0, 0.1) is 0 Å². The second kappa shape index (κ2) is 7.99. The Kier molecular flexibility index (Phi) is 5.50. The van der Waals surface area contributed by atoms with Crippen LogP contribution in [-0.4, -0.2) is 38.9 Å². The van der Waals surface area contributed by atoms with E-state index < -0.39 is 11.5 Å². The molecule has 0 spiro atoms. The highest BCUT2D eigenvalue weighted by atomic mass is 16.3. The van der Waals surface area contributed by atoms with Gasteiger partial charge < -0.3 is 15.7 Å². The lowest BCUT2D eigenvalue weighted by Crippen LogP contribution is -2.38. The van der Waals surface area contributed by atoms with Crippen LogP contribution in [-0.2, 0) is 4.79 Å². The minimum absolute atomic E-state index is 0.0842. The van der Waals surface area contributed by atoms with Crippen LogP contribution in [0.15, 0.2) is 29.3 Å². The van der Waals surface area contributed by atoms with Crippen molar-refractivity contribution in [3.8, 4) is 5.75 Å². The Bertz CT molecular complexity index is 871. The van der Waals surface area contributed by atoms with Gasteiger partial charge in [-0.25, -0.2) is 4.98 Å². The lowest BCUT2D eigenvalue weighted by Gasteiger charge is -2.22. The fourth-order valence-electron chi connectivity index (χ4n) is 3.18. The van der Waals surface area contributed by atoms with Gasteiger partial charge in [0, 0.05) is 31.4 Å². The first-order valence-corrected chi connectivity index (χ1v) is 8.83. The minimum atomic E-state index is -0.592. The van der Waals surface area contributed by atoms with Crippen molar-refractivity contribution in [2.45, 2.75) is 44.6 Å². The van der Waals surface area contributed by atoms with Gasteiger partial charge in [-0.3, -0.25) is 18.8 Å². The lowest BCUT2D eigenvalue weighted by molar-refractivity contribution is -0.121. The number of hydrogen-bond donors (Lipinski definition) is 3. The zero-order valence-electron chi connectivity index (χ0n) is 14.4. The molecular weight excluding hydrogens is 336 g/mol. The average molecular weight is 358 g/mol. The fourth-order valence-corrected chi connectivity index (χ4v) is 3.18. The van der Waals surface area contributed by atoms with E-state index >= 15 is 0 Å². The summed E-state index contributed by atoms with van der Waals surface area (Å²) in [5.74, 6) is -0.836. The number of nitrogens with one attached hydrogen (secondary N) is 2. The van der Waals surface area contributed by atoms with E-state index in [0.717, 1.165) is 36.3 Å². The molecule has 8 heteroatoms. The average Bonchev–Trinajstić information content (AvgIpc) is 2.63. The van der Waals surface area contributed by atoms with Gasteiger partial charge in [-0.2, -0.15) is 0 Å². The third-order valence-electron chi connectivity index (χ3n) is 4.56. The van der Waals surface area contributed by atoms with E-state index in [2.05, 4.69) is 15.6 Å². The predicted molar refractivity (Wildman–Crippen MR) is 95.1 cm³/mol. The number of aromatic hydroxyl groups is 1. The lowest BCUT2D eigenvalue weighted by atomic mass is 9.95. The molecule has 0 aliphatic heterocycles. The Morgan fingerprint density at radius 2 is 2.04 bits per heavy atom. The van der Waals surface area contributed by atoms with Crippen molar-refractivity contribution in [1.29, 1.82) is 0 Å². The van der Waals surface area contributed by atoms with Crippen LogP contribution in [0.25, 0.3) is 5.65 Å². The quantitative estimate of drug-likeness (QED) is 0.737. The first-order chi connectivity index (χ1) is 12.6. The third-order valence-corrected chi connectivity index (χ3v) is 4.56. The Morgan fingerprint density at radius 1 is 1.27 bits per heavy atom. The van der Waals surface area contributed by atoms with E-state index in [9.17, 15) is 19.5 Å². The first-order valence-electron chi connectivity index (χ1n) is 8.83. The summed E-state index contributed by atoms with van der Waals surface area (Å²) in [5, 5.41) is 15.2. The molecule has 0 atom stereocenters. The molecule has 2 amide bonds. The van der Waals surface area contributed by atoms with Gasteiger partial charge >= 0.3 is 0 Å². The SMILES string of the molecule is O=C(CCNC(=O)c1cnc2c(O)cccn2c1=O)NC1CCCCC1. The van der Waals surface area contributed by atoms with Gasteiger partial charge in [-0.15, -0.1) is 0 Å². The molecule has 3 N–H and O–H groups in total. The molecular formula is C18H22N4O4. The van der Waals surface area contributed by atoms with E-state index in [0.29, 0.717) is 0 Å². The normalized spacial score (nSPS) is 14.9. The van der Waals surface area contributed by atoms with Crippen molar-refractivity contribution < 1.29 is 14.7 Å². The summed E-state index contributed by atoms with van der Waals surface area (Å²) in [6, 6.07) is 3.13. The summed E-state index contributed by atoms with van der Waals surface area (Å²) in [6.07, 6.45) is 8.22. The molecule has 3 rings (SSSR count). The molecule has 138 valence electrons. The van der Waals surface area contributed by atoms with Crippen molar-refractivity contribution in [1.82, 2.24) is 20.0 Å². The Hall–Kier alpha value is -2.90. The predicted octanol–water partition coefficient (Wildman–Crippen LogP) is 0.969. The van der Waals surface area contributed by atoms with Crippen LogP contribution < -0.4 is 16.2 Å². The van der Waals surface area contributed by atoms with E-state index in [1.807, 2.05) is 0 Å². The first kappa shape index (κ1) is 17.9. The molecule has 1 aliphatic carbocycles. The maximum atomic E-state index is 12.4. The summed E-state index contributed by atoms with van der Waals surface area (Å²) >= 11 is 0. The number of fused-ring (bicyclic) bond motifs is 1. The molecule has 26 heavy (non-hydrogen) atoms. The topological polar surface area (TPSA) is 113 Å². The maximum absolute atomic E-state index is 12.4. The zero-order chi connectivity index (χ0) is 18.5. The molecule has 0 aromatic carbocycles. The maximum Gasteiger partial charge on any atom is 0.270 e. The fraction of sp³-hybridized carbons (Fsp3) is 0.444. The summed E-state index contributed by atoms with van der Waals surface area (Å²) in [7, 11) is 0. The number of nitrogens with zero attached hydrogens (tertiary/aromatic N) is 2. The molecule has 0 saturated heterocycles. The summed E-state index contributed by atoms with van der Waals surface area (Å²) < 4.78 is 1.11. The number of rotatable bonds is 5. The van der Waals surface area contributed by atoms with Crippen molar-refractivity contribution in [2.24, 2.45) is 0 Å². The smallest absolute Gasteiger partial charge is 0.270 e. The molecule has 0 radical (unpaired) electrons. The highest BCUT2D eigenvalue weighted by Gasteiger charge is 2.17. The van der Waals surface area contributed by atoms with E-state index in [-0.39, 0.29) is 41.9 Å². The molecule has 0 bridgehead atoms. The summed E-state index contributed by atoms with van der Waals surface area (Å²) in [5.41, 5.74) is -0.628. The molecule has 1 saturated carbocycles. The van der Waals surface area contributed by atoms with Gasteiger partial charge in [0.1, 0.15) is 5.56 Å². The highest BCUT2D eigenvalue weighted by molar-refractivity contribution is 5.94. The van der Waals surface area contributed by atoms with Gasteiger partial charge in [-0.1, -0.05) is 19.3 Å². The van der Waals surface area contributed by atoms with Crippen molar-refractivity contribution in [3.63, 3.8) is 0 Å². The number of hydrogen-bond acceptors (Lipinski definition) is 5. The van der Waals surface area contributed by atoms with E-state index in [1.165, 1.54) is 24.8 Å². The molecule has 8 nitrogen and oxygen atoms in total. The van der Waals surface area contributed by atoms with Crippen molar-refractivity contribution in [2.75, 3.05) is 6.54 Å². The van der Waals surface area contributed by atoms with Crippen LogP contribution in [0.5, 0.6) is 5.75 Å². The van der Waals surface area contributed by atoms with Crippen LogP contribution in [0.3, 0.4) is 0 Å². The molecule has 2 aromatic heterocycles. The van der Waals surface area contributed by atoms with Crippen LogP contribution in [0.1, 0.15) is 48.9 Å². The molecule has 0 unspecified atom stereocenters. The standard InChI is InChI=1S/C18H22N4O4/c23-14-7-4-10-22-16(14)20-11-13(18(22)26)17(25)19-9-8-15(24)21-12-5-2-1-3-6-12/h4,7,10-12,23H,1-3,5-6,8-9H2,(H,19,25)(H,21,24). The van der Waals surface area contributed by atoms with Crippen molar-refractivity contribution in [3.05, 3.63) is 40.4 Å². The highest BCUT2D eigenvalue weighted by Crippen LogP contribution is 2.17. The Labute approximate surface area is 150 Å². The van der Waals surface area contributed by atoms with Gasteiger partial charge in [0.2, 0.25) is 5.91 Å². The van der Waals surface area contributed by atoms with Gasteiger partial charge in [0.05, 0.1) is 0 Å². The van der Waals surface area contributed by atoms with Gasteiger partial charge in [0.15, 0.2) is 11.4 Å². The number of carbonyl (C=O) groups is 2. The van der Waals surface area contributed by atoms with Crippen LogP contribution >= 0.6 is 0 Å². The summed E-state index contributed by atoms with van der Waals surface area (Å²) in [6.45, 7) is 0.138. The second-order valence-corrected chi connectivity index (χ2v) is 6.47. The zero-order valence-corrected chi connectivity index (χ0v) is 14.4. The number of carbonyl (C=O) groups excluding carboxylic acids is 2. The largest absolute Gasteiger partial charge is 0.504 e. The minimum Gasteiger partial charge on any atom is -0.504 e. The molecule has 1 aliphatic rings. The van der Waals surface area contributed by atoms with Crippen LogP contribution in [0.2, 0.25) is 0 Å². The Balaban J connectivity index is 1.56. The second-order valence-electron chi connectivity index (χ2n) is 6.47. The molecule has 1 fully saturated rings. The Morgan fingerprint density at radius 3 is 2.81 bits per heavy atom. The van der Waals surface area contributed by atoms with Gasteiger partial charge in [-0.05, 0) is 25.0 Å². The molecule has 2 aromatic rings. The third kappa shape index (κ3) is 4.01. The van der Waals surface area contributed by atoms with Crippen molar-refractivity contribution >= 4 is 17.5 Å². The monoisotopic (exact) mass is 358 g/mol. The summed E-state index contributed by atoms with van der Waals surface area (Å²) in [4.78, 5) is 40.5. The van der Waals surface area contributed by atoms with E-state index in [4.69, 9.17) is 0 Å². The number of pyridine rings is 1. The van der Waals surface area contributed by atoms with Crippen LogP contribution in [0.4, 0.5) is 0 Å².